The summed E-state index contributed by atoms with van der Waals surface area (Å²) in [6.45, 7) is 2.27. The molecular weight excluding hydrogens is 196 g/mol. The van der Waals surface area contributed by atoms with Crippen molar-refractivity contribution in [1.82, 2.24) is 0 Å². The van der Waals surface area contributed by atoms with Gasteiger partial charge in [-0.2, -0.15) is 0 Å². The van der Waals surface area contributed by atoms with E-state index in [-0.39, 0.29) is 0 Å². The minimum atomic E-state index is 0.453. The lowest BCUT2D eigenvalue weighted by Gasteiger charge is -2.30. The third kappa shape index (κ3) is 1.63. The molecule has 0 amide bonds. The zero-order valence-corrected chi connectivity index (χ0v) is 10.5. The van der Waals surface area contributed by atoms with E-state index in [1.807, 2.05) is 0 Å². The molecule has 0 aliphatic heterocycles. The van der Waals surface area contributed by atoms with Crippen LogP contribution in [0.2, 0.25) is 0 Å². The van der Waals surface area contributed by atoms with E-state index in [4.69, 9.17) is 0 Å². The molecule has 0 spiro atoms. The van der Waals surface area contributed by atoms with Crippen molar-refractivity contribution in [2.45, 2.75) is 58.3 Å². The first-order valence-corrected chi connectivity index (χ1v) is 7.36. The van der Waals surface area contributed by atoms with Crippen LogP contribution in [0.25, 0.3) is 0 Å². The second kappa shape index (κ2) is 4.16. The molecule has 0 aromatic heterocycles. The Kier molecular flexibility index (Phi) is 2.81. The Morgan fingerprint density at radius 3 is 2.38 bits per heavy atom. The Morgan fingerprint density at radius 1 is 1.00 bits per heavy atom. The number of ketones is 1. The first kappa shape index (κ1) is 10.8. The van der Waals surface area contributed by atoms with Gasteiger partial charge >= 0.3 is 0 Å². The highest BCUT2D eigenvalue weighted by Gasteiger charge is 2.57. The van der Waals surface area contributed by atoms with Crippen LogP contribution in [0.15, 0.2) is 0 Å². The molecule has 0 N–H and O–H groups in total. The highest BCUT2D eigenvalue weighted by Crippen LogP contribution is 2.59. The van der Waals surface area contributed by atoms with E-state index in [1.165, 1.54) is 51.4 Å². The molecule has 3 aliphatic rings. The Balaban J connectivity index is 1.65. The first-order valence-electron chi connectivity index (χ1n) is 7.36. The van der Waals surface area contributed by atoms with Gasteiger partial charge in [-0.15, -0.1) is 0 Å². The summed E-state index contributed by atoms with van der Waals surface area (Å²) in [6, 6.07) is 0. The molecule has 0 saturated heterocycles. The molecule has 0 aromatic carbocycles. The van der Waals surface area contributed by atoms with E-state index in [0.29, 0.717) is 17.6 Å². The molecule has 1 nitrogen and oxygen atoms in total. The second-order valence-corrected chi connectivity index (χ2v) is 6.25. The lowest BCUT2D eigenvalue weighted by atomic mass is 9.74. The zero-order valence-electron chi connectivity index (χ0n) is 10.5. The fraction of sp³-hybridized carbons (Fsp3) is 0.933. The third-order valence-electron chi connectivity index (χ3n) is 5.53. The molecule has 3 saturated carbocycles. The number of carbonyl (C=O) groups is 1. The minimum absolute atomic E-state index is 0.453. The Bertz CT molecular complexity index is 273. The highest BCUT2D eigenvalue weighted by molar-refractivity contribution is 5.87. The van der Waals surface area contributed by atoms with Gasteiger partial charge in [-0.3, -0.25) is 4.79 Å². The summed E-state index contributed by atoms with van der Waals surface area (Å²) >= 11 is 0. The number of hydrogen-bond donors (Lipinski definition) is 0. The summed E-state index contributed by atoms with van der Waals surface area (Å²) in [4.78, 5) is 12.5. The molecule has 4 unspecified atom stereocenters. The molecule has 3 rings (SSSR count). The van der Waals surface area contributed by atoms with Gasteiger partial charge in [-0.05, 0) is 43.4 Å². The number of rotatable bonds is 3. The van der Waals surface area contributed by atoms with Gasteiger partial charge in [-0.1, -0.05) is 32.6 Å². The van der Waals surface area contributed by atoms with Gasteiger partial charge in [-0.25, -0.2) is 0 Å². The number of hydrogen-bond acceptors (Lipinski definition) is 1. The lowest BCUT2D eigenvalue weighted by molar-refractivity contribution is -0.127. The van der Waals surface area contributed by atoms with E-state index < -0.39 is 0 Å². The van der Waals surface area contributed by atoms with Gasteiger partial charge in [0, 0.05) is 11.8 Å². The molecule has 0 heterocycles. The second-order valence-electron chi connectivity index (χ2n) is 6.25. The van der Waals surface area contributed by atoms with Crippen molar-refractivity contribution in [3.8, 4) is 0 Å². The zero-order chi connectivity index (χ0) is 11.1. The van der Waals surface area contributed by atoms with Crippen LogP contribution in [0, 0.1) is 29.6 Å². The van der Waals surface area contributed by atoms with E-state index in [2.05, 4.69) is 6.92 Å². The van der Waals surface area contributed by atoms with Crippen LogP contribution in [-0.4, -0.2) is 5.78 Å². The molecular formula is C15H24O. The third-order valence-corrected chi connectivity index (χ3v) is 5.53. The maximum absolute atomic E-state index is 12.5. The predicted octanol–water partition coefficient (Wildman–Crippen LogP) is 3.82. The smallest absolute Gasteiger partial charge is 0.139 e. The van der Waals surface area contributed by atoms with Crippen molar-refractivity contribution in [1.29, 1.82) is 0 Å². The maximum atomic E-state index is 12.5. The van der Waals surface area contributed by atoms with Crippen molar-refractivity contribution in [2.75, 3.05) is 0 Å². The fourth-order valence-corrected chi connectivity index (χ4v) is 4.56. The van der Waals surface area contributed by atoms with Crippen molar-refractivity contribution in [2.24, 2.45) is 29.6 Å². The first-order chi connectivity index (χ1) is 7.83. The molecule has 3 fully saturated rings. The largest absolute Gasteiger partial charge is 0.299 e. The summed E-state index contributed by atoms with van der Waals surface area (Å²) in [7, 11) is 0. The normalized spacial score (nSPS) is 46.4. The van der Waals surface area contributed by atoms with Gasteiger partial charge in [0.1, 0.15) is 5.78 Å². The predicted molar refractivity (Wildman–Crippen MR) is 65.1 cm³/mol. The quantitative estimate of drug-likeness (QED) is 0.706. The van der Waals surface area contributed by atoms with Crippen LogP contribution in [0.3, 0.4) is 0 Å². The lowest BCUT2D eigenvalue weighted by Crippen LogP contribution is -2.29. The summed E-state index contributed by atoms with van der Waals surface area (Å²) in [5.41, 5.74) is 0. The SMILES string of the molecule is CCC1CCCCC1C(=O)C1C2CCCC21. The Hall–Kier alpha value is -0.330. The average molecular weight is 220 g/mol. The van der Waals surface area contributed by atoms with Crippen molar-refractivity contribution < 1.29 is 4.79 Å². The minimum Gasteiger partial charge on any atom is -0.299 e. The summed E-state index contributed by atoms with van der Waals surface area (Å²) in [5, 5.41) is 0. The van der Waals surface area contributed by atoms with Crippen LogP contribution in [0.1, 0.15) is 58.3 Å². The summed E-state index contributed by atoms with van der Waals surface area (Å²) in [6.07, 6.45) is 10.5. The van der Waals surface area contributed by atoms with Gasteiger partial charge in [0.05, 0.1) is 0 Å². The van der Waals surface area contributed by atoms with Crippen molar-refractivity contribution >= 4 is 5.78 Å². The standard InChI is InChI=1S/C15H24O/c1-2-10-6-3-4-7-11(10)15(16)14-12-8-5-9-13(12)14/h10-14H,2-9H2,1H3. The van der Waals surface area contributed by atoms with Crippen LogP contribution in [0.4, 0.5) is 0 Å². The van der Waals surface area contributed by atoms with Crippen LogP contribution in [-0.2, 0) is 4.79 Å². The average Bonchev–Trinajstić information content (AvgIpc) is 2.81. The van der Waals surface area contributed by atoms with Crippen molar-refractivity contribution in [3.05, 3.63) is 0 Å². The molecule has 1 heteroatoms. The molecule has 0 aromatic rings. The van der Waals surface area contributed by atoms with Crippen LogP contribution < -0.4 is 0 Å². The van der Waals surface area contributed by atoms with E-state index in [1.54, 1.807) is 0 Å². The van der Waals surface area contributed by atoms with E-state index in [9.17, 15) is 4.79 Å². The fourth-order valence-electron chi connectivity index (χ4n) is 4.56. The molecule has 4 atom stereocenters. The topological polar surface area (TPSA) is 17.1 Å². The number of fused-ring (bicyclic) bond motifs is 1. The number of Topliss-reactive ketones (excluding diaryl/α,β-unsaturated/α-hetero) is 1. The Morgan fingerprint density at radius 2 is 1.69 bits per heavy atom. The molecule has 0 radical (unpaired) electrons. The molecule has 90 valence electrons. The van der Waals surface area contributed by atoms with E-state index >= 15 is 0 Å². The molecule has 3 aliphatic carbocycles. The van der Waals surface area contributed by atoms with Gasteiger partial charge in [0.2, 0.25) is 0 Å². The number of carbonyl (C=O) groups excluding carboxylic acids is 1. The van der Waals surface area contributed by atoms with E-state index in [0.717, 1.165) is 17.8 Å². The Labute approximate surface area is 99.0 Å². The maximum Gasteiger partial charge on any atom is 0.139 e. The molecule has 0 bridgehead atoms. The van der Waals surface area contributed by atoms with Crippen molar-refractivity contribution in [3.63, 3.8) is 0 Å². The van der Waals surface area contributed by atoms with Crippen LogP contribution in [0.5, 0.6) is 0 Å². The van der Waals surface area contributed by atoms with Crippen LogP contribution >= 0.6 is 0 Å². The molecule has 16 heavy (non-hydrogen) atoms. The summed E-state index contributed by atoms with van der Waals surface area (Å²) in [5.74, 6) is 4.03. The van der Waals surface area contributed by atoms with Gasteiger partial charge < -0.3 is 0 Å². The monoisotopic (exact) mass is 220 g/mol. The van der Waals surface area contributed by atoms with Gasteiger partial charge in [0.25, 0.3) is 0 Å². The highest BCUT2D eigenvalue weighted by atomic mass is 16.1. The van der Waals surface area contributed by atoms with Gasteiger partial charge in [0.15, 0.2) is 0 Å². The summed E-state index contributed by atoms with van der Waals surface area (Å²) < 4.78 is 0.